The molecule has 0 unspecified atom stereocenters. The highest BCUT2D eigenvalue weighted by atomic mass is 16.5. The highest BCUT2D eigenvalue weighted by molar-refractivity contribution is 5.94. The van der Waals surface area contributed by atoms with Crippen molar-refractivity contribution in [1.82, 2.24) is 0 Å². The van der Waals surface area contributed by atoms with Crippen LogP contribution in [0.15, 0.2) is 18.2 Å². The molecule has 4 heteroatoms. The van der Waals surface area contributed by atoms with Gasteiger partial charge in [0, 0.05) is 29.8 Å². The summed E-state index contributed by atoms with van der Waals surface area (Å²) in [5.74, 6) is 2.08. The summed E-state index contributed by atoms with van der Waals surface area (Å²) in [6.45, 7) is 2.08. The Labute approximate surface area is 101 Å². The Morgan fingerprint density at radius 3 is 2.18 bits per heavy atom. The van der Waals surface area contributed by atoms with Gasteiger partial charge in [0.25, 0.3) is 0 Å². The zero-order valence-corrected chi connectivity index (χ0v) is 10.3. The van der Waals surface area contributed by atoms with E-state index in [1.165, 1.54) is 0 Å². The Balaban J connectivity index is 2.11. The molecule has 1 N–H and O–H groups in total. The maximum atomic E-state index is 11.8. The van der Waals surface area contributed by atoms with Crippen LogP contribution in [0, 0.1) is 11.8 Å². The fourth-order valence-corrected chi connectivity index (χ4v) is 1.80. The third-order valence-electron chi connectivity index (χ3n) is 3.07. The Morgan fingerprint density at radius 2 is 1.76 bits per heavy atom. The fourth-order valence-electron chi connectivity index (χ4n) is 1.80. The van der Waals surface area contributed by atoms with Crippen molar-refractivity contribution < 1.29 is 14.3 Å². The van der Waals surface area contributed by atoms with Gasteiger partial charge in [0.05, 0.1) is 14.2 Å². The van der Waals surface area contributed by atoms with Gasteiger partial charge >= 0.3 is 0 Å². The minimum Gasteiger partial charge on any atom is -0.497 e. The first-order valence-corrected chi connectivity index (χ1v) is 5.68. The molecule has 2 atom stereocenters. The van der Waals surface area contributed by atoms with Crippen LogP contribution < -0.4 is 14.8 Å². The van der Waals surface area contributed by atoms with Crippen LogP contribution in [0.3, 0.4) is 0 Å². The maximum Gasteiger partial charge on any atom is 0.227 e. The topological polar surface area (TPSA) is 47.6 Å². The van der Waals surface area contributed by atoms with Crippen LogP contribution in [-0.4, -0.2) is 20.1 Å². The average molecular weight is 235 g/mol. The van der Waals surface area contributed by atoms with Crippen LogP contribution >= 0.6 is 0 Å². The molecule has 2 rings (SSSR count). The molecule has 1 aromatic carbocycles. The molecule has 1 aliphatic carbocycles. The Kier molecular flexibility index (Phi) is 3.22. The zero-order valence-electron chi connectivity index (χ0n) is 10.3. The number of benzene rings is 1. The monoisotopic (exact) mass is 235 g/mol. The standard InChI is InChI=1S/C13H17NO3/c1-8-4-12(8)13(15)14-9-5-10(16-2)7-11(6-9)17-3/h5-8,12H,4H2,1-3H3,(H,14,15)/t8-,12+/m0/s1. The van der Waals surface area contributed by atoms with Gasteiger partial charge < -0.3 is 14.8 Å². The number of nitrogens with one attached hydrogen (secondary N) is 1. The summed E-state index contributed by atoms with van der Waals surface area (Å²) >= 11 is 0. The lowest BCUT2D eigenvalue weighted by atomic mass is 10.2. The number of hydrogen-bond donors (Lipinski definition) is 1. The lowest BCUT2D eigenvalue weighted by Gasteiger charge is -2.09. The number of amides is 1. The van der Waals surface area contributed by atoms with E-state index in [1.807, 2.05) is 0 Å². The van der Waals surface area contributed by atoms with Crippen LogP contribution in [0.2, 0.25) is 0 Å². The second-order valence-electron chi connectivity index (χ2n) is 4.41. The number of rotatable bonds is 4. The van der Waals surface area contributed by atoms with E-state index in [2.05, 4.69) is 12.2 Å². The summed E-state index contributed by atoms with van der Waals surface area (Å²) in [5.41, 5.74) is 0.713. The third kappa shape index (κ3) is 2.70. The molecule has 0 aliphatic heterocycles. The largest absolute Gasteiger partial charge is 0.497 e. The molecule has 1 aromatic rings. The SMILES string of the molecule is COc1cc(NC(=O)[C@@H]2C[C@@H]2C)cc(OC)c1. The molecule has 1 amide bonds. The van der Waals surface area contributed by atoms with Crippen LogP contribution in [0.5, 0.6) is 11.5 Å². The Morgan fingerprint density at radius 1 is 1.24 bits per heavy atom. The van der Waals surface area contributed by atoms with E-state index >= 15 is 0 Å². The minimum atomic E-state index is 0.0767. The van der Waals surface area contributed by atoms with E-state index in [-0.39, 0.29) is 11.8 Å². The molecular formula is C13H17NO3. The maximum absolute atomic E-state index is 11.8. The first-order valence-electron chi connectivity index (χ1n) is 5.68. The van der Waals surface area contributed by atoms with Crippen molar-refractivity contribution in [2.75, 3.05) is 19.5 Å². The first-order chi connectivity index (χ1) is 8.13. The van der Waals surface area contributed by atoms with Crippen molar-refractivity contribution in [3.63, 3.8) is 0 Å². The third-order valence-corrected chi connectivity index (χ3v) is 3.07. The Hall–Kier alpha value is -1.71. The van der Waals surface area contributed by atoms with Gasteiger partial charge in [0.15, 0.2) is 0 Å². The van der Waals surface area contributed by atoms with Gasteiger partial charge in [0.2, 0.25) is 5.91 Å². The van der Waals surface area contributed by atoms with Crippen molar-refractivity contribution in [2.24, 2.45) is 11.8 Å². The van der Waals surface area contributed by atoms with E-state index in [0.717, 1.165) is 6.42 Å². The van der Waals surface area contributed by atoms with Crippen LogP contribution in [0.1, 0.15) is 13.3 Å². The first kappa shape index (κ1) is 11.8. The quantitative estimate of drug-likeness (QED) is 0.871. The molecule has 4 nitrogen and oxygen atoms in total. The van der Waals surface area contributed by atoms with Crippen molar-refractivity contribution in [1.29, 1.82) is 0 Å². The van der Waals surface area contributed by atoms with Crippen LogP contribution in [0.25, 0.3) is 0 Å². The summed E-state index contributed by atoms with van der Waals surface area (Å²) in [6.07, 6.45) is 0.979. The number of ether oxygens (including phenoxy) is 2. The molecule has 1 aliphatic rings. The molecule has 0 heterocycles. The van der Waals surface area contributed by atoms with Crippen molar-refractivity contribution in [3.05, 3.63) is 18.2 Å². The van der Waals surface area contributed by atoms with E-state index in [0.29, 0.717) is 23.1 Å². The van der Waals surface area contributed by atoms with Gasteiger partial charge in [-0.2, -0.15) is 0 Å². The predicted molar refractivity (Wildman–Crippen MR) is 65.4 cm³/mol. The summed E-state index contributed by atoms with van der Waals surface area (Å²) < 4.78 is 10.3. The van der Waals surface area contributed by atoms with E-state index < -0.39 is 0 Å². The average Bonchev–Trinajstić information content (AvgIpc) is 3.06. The van der Waals surface area contributed by atoms with Crippen molar-refractivity contribution in [2.45, 2.75) is 13.3 Å². The van der Waals surface area contributed by atoms with Gasteiger partial charge in [-0.3, -0.25) is 4.79 Å². The molecule has 92 valence electrons. The number of carbonyl (C=O) groups excluding carboxylic acids is 1. The molecule has 1 saturated carbocycles. The second kappa shape index (κ2) is 4.65. The smallest absolute Gasteiger partial charge is 0.227 e. The van der Waals surface area contributed by atoms with Crippen molar-refractivity contribution >= 4 is 11.6 Å². The van der Waals surface area contributed by atoms with E-state index in [1.54, 1.807) is 32.4 Å². The highest BCUT2D eigenvalue weighted by Crippen LogP contribution is 2.38. The molecule has 0 aromatic heterocycles. The number of carbonyl (C=O) groups is 1. The van der Waals surface area contributed by atoms with Gasteiger partial charge in [-0.15, -0.1) is 0 Å². The zero-order chi connectivity index (χ0) is 12.4. The lowest BCUT2D eigenvalue weighted by Crippen LogP contribution is -2.14. The van der Waals surface area contributed by atoms with Gasteiger partial charge in [-0.05, 0) is 12.3 Å². The summed E-state index contributed by atoms with van der Waals surface area (Å²) in [5, 5.41) is 2.88. The number of hydrogen-bond acceptors (Lipinski definition) is 3. The van der Waals surface area contributed by atoms with Crippen LogP contribution in [0.4, 0.5) is 5.69 Å². The predicted octanol–water partition coefficient (Wildman–Crippen LogP) is 2.30. The van der Waals surface area contributed by atoms with Gasteiger partial charge in [-0.25, -0.2) is 0 Å². The van der Waals surface area contributed by atoms with E-state index in [9.17, 15) is 4.79 Å². The lowest BCUT2D eigenvalue weighted by molar-refractivity contribution is -0.117. The normalized spacial score (nSPS) is 21.8. The van der Waals surface area contributed by atoms with Gasteiger partial charge in [0.1, 0.15) is 11.5 Å². The molecule has 0 radical (unpaired) electrons. The number of methoxy groups -OCH3 is 2. The van der Waals surface area contributed by atoms with Crippen LogP contribution in [-0.2, 0) is 4.79 Å². The second-order valence-corrected chi connectivity index (χ2v) is 4.41. The highest BCUT2D eigenvalue weighted by Gasteiger charge is 2.39. The molecule has 0 spiro atoms. The molecular weight excluding hydrogens is 218 g/mol. The summed E-state index contributed by atoms with van der Waals surface area (Å²) in [4.78, 5) is 11.8. The van der Waals surface area contributed by atoms with E-state index in [4.69, 9.17) is 9.47 Å². The molecule has 0 bridgehead atoms. The Bertz CT molecular complexity index is 408. The van der Waals surface area contributed by atoms with Crippen molar-refractivity contribution in [3.8, 4) is 11.5 Å². The summed E-state index contributed by atoms with van der Waals surface area (Å²) in [6, 6.07) is 5.34. The minimum absolute atomic E-state index is 0.0767. The number of anilines is 1. The molecule has 17 heavy (non-hydrogen) atoms. The summed E-state index contributed by atoms with van der Waals surface area (Å²) in [7, 11) is 3.17. The fraction of sp³-hybridized carbons (Fsp3) is 0.462. The molecule has 0 saturated heterocycles. The van der Waals surface area contributed by atoms with Gasteiger partial charge in [-0.1, -0.05) is 6.92 Å². The molecule has 1 fully saturated rings.